The standard InChI is InChI=1S/C21H21NO3/c1-17(24-21-12-5-6-15-22-21)16-23-18-10-7-11-20(14-13-18)25-19-8-3-2-4-9-19/h2-9,11-15,17H,10,16H2,1H3. The molecular formula is C21H21NO3. The molecule has 1 unspecified atom stereocenters. The minimum Gasteiger partial charge on any atom is -0.494 e. The lowest BCUT2D eigenvalue weighted by atomic mass is 10.3. The van der Waals surface area contributed by atoms with Crippen molar-refractivity contribution < 1.29 is 14.2 Å². The predicted molar refractivity (Wildman–Crippen MR) is 97.3 cm³/mol. The van der Waals surface area contributed by atoms with Gasteiger partial charge in [0.1, 0.15) is 30.0 Å². The average molecular weight is 335 g/mol. The van der Waals surface area contributed by atoms with Gasteiger partial charge in [-0.25, -0.2) is 4.98 Å². The number of rotatable bonds is 7. The van der Waals surface area contributed by atoms with Crippen LogP contribution in [0.25, 0.3) is 0 Å². The van der Waals surface area contributed by atoms with E-state index in [2.05, 4.69) is 4.98 Å². The van der Waals surface area contributed by atoms with Gasteiger partial charge in [-0.2, -0.15) is 0 Å². The SMILES string of the molecule is CC(COC1=CC=C(Oc2ccccc2)C=CC1)Oc1ccccn1. The molecule has 1 aliphatic carbocycles. The molecule has 0 radical (unpaired) electrons. The lowest BCUT2D eigenvalue weighted by molar-refractivity contribution is 0.0948. The molecule has 4 nitrogen and oxygen atoms in total. The van der Waals surface area contributed by atoms with Crippen LogP contribution in [0.3, 0.4) is 0 Å². The second-order valence-corrected chi connectivity index (χ2v) is 5.63. The maximum absolute atomic E-state index is 5.85. The summed E-state index contributed by atoms with van der Waals surface area (Å²) >= 11 is 0. The molecule has 0 aliphatic heterocycles. The van der Waals surface area contributed by atoms with Crippen LogP contribution in [0.1, 0.15) is 13.3 Å². The Kier molecular flexibility index (Phi) is 5.88. The Bertz CT molecular complexity index is 751. The zero-order chi connectivity index (χ0) is 17.3. The zero-order valence-corrected chi connectivity index (χ0v) is 14.2. The highest BCUT2D eigenvalue weighted by molar-refractivity contribution is 5.31. The lowest BCUT2D eigenvalue weighted by Crippen LogP contribution is -2.19. The molecule has 0 amide bonds. The van der Waals surface area contributed by atoms with Gasteiger partial charge >= 0.3 is 0 Å². The van der Waals surface area contributed by atoms with Crippen LogP contribution in [-0.4, -0.2) is 17.7 Å². The number of hydrogen-bond acceptors (Lipinski definition) is 4. The van der Waals surface area contributed by atoms with Gasteiger partial charge in [0.2, 0.25) is 5.88 Å². The fraction of sp³-hybridized carbons (Fsp3) is 0.190. The molecule has 0 N–H and O–H groups in total. The lowest BCUT2D eigenvalue weighted by Gasteiger charge is -2.15. The summed E-state index contributed by atoms with van der Waals surface area (Å²) in [5.41, 5.74) is 0. The molecule has 1 aliphatic rings. The van der Waals surface area contributed by atoms with Crippen molar-refractivity contribution in [2.45, 2.75) is 19.4 Å². The van der Waals surface area contributed by atoms with E-state index in [-0.39, 0.29) is 6.10 Å². The molecular weight excluding hydrogens is 314 g/mol. The van der Waals surface area contributed by atoms with Gasteiger partial charge in [0.05, 0.1) is 0 Å². The topological polar surface area (TPSA) is 40.6 Å². The first kappa shape index (κ1) is 16.8. The number of ether oxygens (including phenoxy) is 3. The van der Waals surface area contributed by atoms with E-state index in [0.29, 0.717) is 18.9 Å². The number of aromatic nitrogens is 1. The van der Waals surface area contributed by atoms with Crippen LogP contribution in [-0.2, 0) is 4.74 Å². The van der Waals surface area contributed by atoms with E-state index >= 15 is 0 Å². The number of benzene rings is 1. The number of para-hydroxylation sites is 1. The minimum absolute atomic E-state index is 0.0907. The van der Waals surface area contributed by atoms with Crippen molar-refractivity contribution in [2.24, 2.45) is 0 Å². The molecule has 0 spiro atoms. The summed E-state index contributed by atoms with van der Waals surface area (Å²) in [6, 6.07) is 15.3. The third-order valence-corrected chi connectivity index (χ3v) is 3.48. The summed E-state index contributed by atoms with van der Waals surface area (Å²) < 4.78 is 17.4. The largest absolute Gasteiger partial charge is 0.494 e. The molecule has 4 heteroatoms. The molecule has 0 fully saturated rings. The van der Waals surface area contributed by atoms with E-state index in [1.807, 2.05) is 79.8 Å². The van der Waals surface area contributed by atoms with Crippen molar-refractivity contribution in [1.29, 1.82) is 0 Å². The minimum atomic E-state index is -0.0907. The highest BCUT2D eigenvalue weighted by atomic mass is 16.5. The Hall–Kier alpha value is -3.01. The molecule has 2 aromatic rings. The molecule has 0 saturated heterocycles. The molecule has 1 aromatic heterocycles. The van der Waals surface area contributed by atoms with Gasteiger partial charge in [-0.1, -0.05) is 30.3 Å². The maximum Gasteiger partial charge on any atom is 0.213 e. The van der Waals surface area contributed by atoms with E-state index < -0.39 is 0 Å². The average Bonchev–Trinajstić information content (AvgIpc) is 2.87. The normalized spacial score (nSPS) is 14.8. The Labute approximate surface area is 148 Å². The Morgan fingerprint density at radius 1 is 1.04 bits per heavy atom. The zero-order valence-electron chi connectivity index (χ0n) is 14.2. The Morgan fingerprint density at radius 3 is 2.68 bits per heavy atom. The predicted octanol–water partition coefficient (Wildman–Crippen LogP) is 4.67. The summed E-state index contributed by atoms with van der Waals surface area (Å²) in [7, 11) is 0. The van der Waals surface area contributed by atoms with E-state index in [4.69, 9.17) is 14.2 Å². The van der Waals surface area contributed by atoms with Gasteiger partial charge in [0.25, 0.3) is 0 Å². The summed E-state index contributed by atoms with van der Waals surface area (Å²) in [6.45, 7) is 2.42. The van der Waals surface area contributed by atoms with Crippen molar-refractivity contribution in [3.05, 3.63) is 90.6 Å². The molecule has 1 atom stereocenters. The number of allylic oxidation sites excluding steroid dienone is 4. The third kappa shape index (κ3) is 5.53. The summed E-state index contributed by atoms with van der Waals surface area (Å²) in [6.07, 6.45) is 10.2. The second kappa shape index (κ2) is 8.73. The highest BCUT2D eigenvalue weighted by Gasteiger charge is 2.08. The van der Waals surface area contributed by atoms with Crippen molar-refractivity contribution >= 4 is 0 Å². The molecule has 25 heavy (non-hydrogen) atoms. The smallest absolute Gasteiger partial charge is 0.213 e. The van der Waals surface area contributed by atoms with Crippen LogP contribution in [0.4, 0.5) is 0 Å². The first-order valence-electron chi connectivity index (χ1n) is 8.30. The fourth-order valence-corrected chi connectivity index (χ4v) is 2.27. The van der Waals surface area contributed by atoms with Gasteiger partial charge in [-0.3, -0.25) is 0 Å². The molecule has 3 rings (SSSR count). The van der Waals surface area contributed by atoms with Crippen LogP contribution >= 0.6 is 0 Å². The number of pyridine rings is 1. The Morgan fingerprint density at radius 2 is 1.88 bits per heavy atom. The van der Waals surface area contributed by atoms with E-state index in [9.17, 15) is 0 Å². The number of nitrogens with zero attached hydrogens (tertiary/aromatic N) is 1. The number of hydrogen-bond donors (Lipinski definition) is 0. The van der Waals surface area contributed by atoms with Crippen LogP contribution in [0.2, 0.25) is 0 Å². The van der Waals surface area contributed by atoms with Gasteiger partial charge in [0.15, 0.2) is 0 Å². The fourth-order valence-electron chi connectivity index (χ4n) is 2.27. The first-order valence-corrected chi connectivity index (χ1v) is 8.30. The van der Waals surface area contributed by atoms with Crippen molar-refractivity contribution in [3.8, 4) is 11.6 Å². The summed E-state index contributed by atoms with van der Waals surface area (Å²) in [4.78, 5) is 4.15. The van der Waals surface area contributed by atoms with Crippen molar-refractivity contribution in [1.82, 2.24) is 4.98 Å². The molecule has 128 valence electrons. The molecule has 1 heterocycles. The van der Waals surface area contributed by atoms with Crippen LogP contribution in [0.5, 0.6) is 11.6 Å². The first-order chi connectivity index (χ1) is 12.3. The van der Waals surface area contributed by atoms with Gasteiger partial charge < -0.3 is 14.2 Å². The van der Waals surface area contributed by atoms with E-state index in [1.165, 1.54) is 0 Å². The van der Waals surface area contributed by atoms with Gasteiger partial charge in [-0.15, -0.1) is 0 Å². The van der Waals surface area contributed by atoms with Crippen molar-refractivity contribution in [3.63, 3.8) is 0 Å². The van der Waals surface area contributed by atoms with E-state index in [0.717, 1.165) is 17.3 Å². The molecule has 1 aromatic carbocycles. The molecule has 0 saturated carbocycles. The van der Waals surface area contributed by atoms with Crippen LogP contribution in [0, 0.1) is 0 Å². The van der Waals surface area contributed by atoms with Gasteiger partial charge in [-0.05, 0) is 43.4 Å². The third-order valence-electron chi connectivity index (χ3n) is 3.48. The van der Waals surface area contributed by atoms with Crippen LogP contribution < -0.4 is 9.47 Å². The van der Waals surface area contributed by atoms with Crippen molar-refractivity contribution in [2.75, 3.05) is 6.61 Å². The van der Waals surface area contributed by atoms with Gasteiger partial charge in [0, 0.05) is 18.7 Å². The monoisotopic (exact) mass is 335 g/mol. The summed E-state index contributed by atoms with van der Waals surface area (Å²) in [5, 5.41) is 0. The quantitative estimate of drug-likeness (QED) is 0.737. The van der Waals surface area contributed by atoms with Crippen LogP contribution in [0.15, 0.2) is 90.6 Å². The second-order valence-electron chi connectivity index (χ2n) is 5.63. The van der Waals surface area contributed by atoms with E-state index in [1.54, 1.807) is 6.20 Å². The highest BCUT2D eigenvalue weighted by Crippen LogP contribution is 2.18. The Balaban J connectivity index is 1.52. The molecule has 0 bridgehead atoms. The maximum atomic E-state index is 5.85. The summed E-state index contributed by atoms with van der Waals surface area (Å²) in [5.74, 6) is 3.07.